The quantitative estimate of drug-likeness (QED) is 0.324. The number of likely N-dealkylation sites (tertiary alicyclic amines) is 1. The third kappa shape index (κ3) is 4.70. The summed E-state index contributed by atoms with van der Waals surface area (Å²) in [4.78, 5) is 27.9. The summed E-state index contributed by atoms with van der Waals surface area (Å²) in [6, 6.07) is 24.6. The lowest BCUT2D eigenvalue weighted by molar-refractivity contribution is -0.775. The monoisotopic (exact) mass is 497 g/mol. The Kier molecular flexibility index (Phi) is 6.72. The number of aromatic nitrogens is 2. The first kappa shape index (κ1) is 24.6. The average molecular weight is 498 g/mol. The van der Waals surface area contributed by atoms with E-state index in [2.05, 4.69) is 10.4 Å². The Morgan fingerprint density at radius 3 is 2.51 bits per heavy atom. The number of benzene rings is 3. The Hall–Kier alpha value is -4.10. The minimum absolute atomic E-state index is 0.201. The lowest BCUT2D eigenvalue weighted by Gasteiger charge is -2.32. The molecule has 2 heterocycles. The van der Waals surface area contributed by atoms with Crippen LogP contribution in [0.4, 0.5) is 14.9 Å². The summed E-state index contributed by atoms with van der Waals surface area (Å²) >= 11 is 0. The van der Waals surface area contributed by atoms with Crippen molar-refractivity contribution in [3.8, 4) is 11.1 Å². The van der Waals surface area contributed by atoms with Crippen LogP contribution >= 0.6 is 0 Å². The predicted octanol–water partition coefficient (Wildman–Crippen LogP) is 6.42. The van der Waals surface area contributed by atoms with Gasteiger partial charge in [0.1, 0.15) is 11.9 Å². The topological polar surface area (TPSA) is 64.0 Å². The van der Waals surface area contributed by atoms with Gasteiger partial charge >= 0.3 is 11.9 Å². The van der Waals surface area contributed by atoms with E-state index in [-0.39, 0.29) is 27.9 Å². The van der Waals surface area contributed by atoms with Gasteiger partial charge < -0.3 is 0 Å². The van der Waals surface area contributed by atoms with Gasteiger partial charge in [0, 0.05) is 24.1 Å². The molecule has 1 saturated heterocycles. The van der Waals surface area contributed by atoms with Crippen molar-refractivity contribution in [2.75, 3.05) is 11.9 Å². The maximum absolute atomic E-state index is 14.0. The normalized spacial score (nSPS) is 19.1. The highest BCUT2D eigenvalue weighted by Gasteiger charge is 2.54. The van der Waals surface area contributed by atoms with Crippen molar-refractivity contribution < 1.29 is 18.5 Å². The predicted molar refractivity (Wildman–Crippen MR) is 142 cm³/mol. The second-order valence-electron chi connectivity index (χ2n) is 9.69. The molecular formula is C30H30FN4O2+. The lowest BCUT2D eigenvalue weighted by Crippen LogP contribution is -2.60. The van der Waals surface area contributed by atoms with Crippen molar-refractivity contribution in [1.29, 1.82) is 0 Å². The third-order valence-corrected chi connectivity index (χ3v) is 7.29. The van der Waals surface area contributed by atoms with Crippen LogP contribution in [0.15, 0.2) is 84.9 Å². The van der Waals surface area contributed by atoms with E-state index < -0.39 is 6.03 Å². The van der Waals surface area contributed by atoms with Gasteiger partial charge in [-0.1, -0.05) is 60.7 Å². The Labute approximate surface area is 215 Å². The van der Waals surface area contributed by atoms with Crippen LogP contribution in [0.3, 0.4) is 0 Å². The first-order valence-corrected chi connectivity index (χ1v) is 12.6. The molecule has 1 aromatic heterocycles. The molecule has 7 heteroatoms. The average Bonchev–Trinajstić information content (AvgIpc) is 3.47. The van der Waals surface area contributed by atoms with E-state index in [1.807, 2.05) is 62.4 Å². The summed E-state index contributed by atoms with van der Waals surface area (Å²) in [7, 11) is 0. The molecule has 3 amide bonds. The van der Waals surface area contributed by atoms with Gasteiger partial charge in [-0.25, -0.2) is 14.0 Å². The fraction of sp³-hybridized carbons (Fsp3) is 0.233. The van der Waals surface area contributed by atoms with E-state index in [1.54, 1.807) is 28.9 Å². The fourth-order valence-electron chi connectivity index (χ4n) is 5.22. The van der Waals surface area contributed by atoms with Crippen LogP contribution in [0, 0.1) is 12.7 Å². The van der Waals surface area contributed by atoms with Gasteiger partial charge in [-0.3, -0.25) is 10.00 Å². The maximum atomic E-state index is 14.0. The Morgan fingerprint density at radius 2 is 1.78 bits per heavy atom. The van der Waals surface area contributed by atoms with Crippen LogP contribution in [-0.4, -0.2) is 38.8 Å². The standard InChI is InChI=1S/C30H29FN4O2/c1-21-18-28(33-34(21)20-23-11-4-3-5-12-23)29(36)35(17-9-10-22(35)2)30(37)32-27-16-7-6-15-26(27)24-13-8-14-25(31)19-24/h3-8,11-16,18-19,22H,9-10,17,20H2,1-2H3/p+1/t22-,35-/m1/s1. The molecule has 188 valence electrons. The molecule has 0 radical (unpaired) electrons. The minimum atomic E-state index is -0.394. The highest BCUT2D eigenvalue weighted by Crippen LogP contribution is 2.34. The molecule has 1 N–H and O–H groups in total. The van der Waals surface area contributed by atoms with Gasteiger partial charge in [-0.05, 0) is 49.2 Å². The minimum Gasteiger partial charge on any atom is -0.274 e. The zero-order valence-electron chi connectivity index (χ0n) is 21.0. The summed E-state index contributed by atoms with van der Waals surface area (Å²) in [5.74, 6) is -0.660. The summed E-state index contributed by atoms with van der Waals surface area (Å²) in [5.41, 5.74) is 4.10. The number of hydrogen-bond donors (Lipinski definition) is 1. The van der Waals surface area contributed by atoms with E-state index in [1.165, 1.54) is 12.1 Å². The van der Waals surface area contributed by atoms with Crippen LogP contribution in [-0.2, 0) is 6.54 Å². The van der Waals surface area contributed by atoms with Crippen LogP contribution in [0.2, 0.25) is 0 Å². The number of aryl methyl sites for hydroxylation is 1. The van der Waals surface area contributed by atoms with Gasteiger partial charge in [0.25, 0.3) is 0 Å². The van der Waals surface area contributed by atoms with Crippen molar-refractivity contribution >= 4 is 17.6 Å². The number of amides is 3. The zero-order chi connectivity index (χ0) is 26.0. The van der Waals surface area contributed by atoms with Crippen LogP contribution in [0.5, 0.6) is 0 Å². The van der Waals surface area contributed by atoms with E-state index >= 15 is 0 Å². The molecule has 0 bridgehead atoms. The molecule has 0 unspecified atom stereocenters. The second kappa shape index (κ2) is 10.1. The first-order valence-electron chi connectivity index (χ1n) is 12.6. The smallest absolute Gasteiger partial charge is 0.274 e. The molecule has 1 aliphatic rings. The van der Waals surface area contributed by atoms with Crippen LogP contribution in [0.1, 0.15) is 41.5 Å². The maximum Gasteiger partial charge on any atom is 0.429 e. The summed E-state index contributed by atoms with van der Waals surface area (Å²) in [6.45, 7) is 4.80. The number of hydrogen-bond acceptors (Lipinski definition) is 3. The number of imide groups is 1. The second-order valence-corrected chi connectivity index (χ2v) is 9.69. The highest BCUT2D eigenvalue weighted by molar-refractivity contribution is 6.00. The van der Waals surface area contributed by atoms with Crippen LogP contribution in [0.25, 0.3) is 11.1 Å². The molecule has 1 aliphatic heterocycles. The molecule has 37 heavy (non-hydrogen) atoms. The molecular weight excluding hydrogens is 467 g/mol. The Balaban J connectivity index is 1.46. The number of anilines is 1. The number of nitrogens with zero attached hydrogens (tertiary/aromatic N) is 3. The van der Waals surface area contributed by atoms with Crippen molar-refractivity contribution in [3.63, 3.8) is 0 Å². The zero-order valence-corrected chi connectivity index (χ0v) is 21.0. The van der Waals surface area contributed by atoms with Gasteiger partial charge in [0.05, 0.1) is 18.8 Å². The molecule has 6 nitrogen and oxygen atoms in total. The largest absolute Gasteiger partial charge is 0.429 e. The summed E-state index contributed by atoms with van der Waals surface area (Å²) in [5, 5.41) is 7.63. The van der Waals surface area contributed by atoms with Crippen molar-refractivity contribution in [1.82, 2.24) is 9.78 Å². The van der Waals surface area contributed by atoms with Crippen LogP contribution < -0.4 is 5.32 Å². The van der Waals surface area contributed by atoms with Gasteiger partial charge in [0.15, 0.2) is 5.69 Å². The van der Waals surface area contributed by atoms with E-state index in [0.717, 1.165) is 24.1 Å². The van der Waals surface area contributed by atoms with Crippen molar-refractivity contribution in [3.05, 3.63) is 108 Å². The molecule has 0 saturated carbocycles. The third-order valence-electron chi connectivity index (χ3n) is 7.29. The van der Waals surface area contributed by atoms with E-state index in [4.69, 9.17) is 0 Å². The number of para-hydroxylation sites is 1. The Morgan fingerprint density at radius 1 is 1.03 bits per heavy atom. The van der Waals surface area contributed by atoms with Gasteiger partial charge in [0.2, 0.25) is 0 Å². The number of rotatable bonds is 5. The summed E-state index contributed by atoms with van der Waals surface area (Å²) < 4.78 is 15.4. The molecule has 5 rings (SSSR count). The number of urea groups is 1. The van der Waals surface area contributed by atoms with Gasteiger partial charge in [-0.15, -0.1) is 0 Å². The van der Waals surface area contributed by atoms with E-state index in [9.17, 15) is 14.0 Å². The Bertz CT molecular complexity index is 1450. The first-order chi connectivity index (χ1) is 17.9. The molecule has 0 aliphatic carbocycles. The SMILES string of the molecule is Cc1cc(C(=O)[N@@+]2(C(=O)Nc3ccccc3-c3cccc(F)c3)CCC[C@H]2C)nn1Cc1ccccc1. The van der Waals surface area contributed by atoms with Crippen molar-refractivity contribution in [2.24, 2.45) is 0 Å². The number of carbonyl (C=O) groups is 2. The lowest BCUT2D eigenvalue weighted by atomic mass is 10.0. The molecule has 4 aromatic rings. The molecule has 1 fully saturated rings. The molecule has 2 atom stereocenters. The van der Waals surface area contributed by atoms with E-state index in [0.29, 0.717) is 29.9 Å². The number of nitrogens with one attached hydrogen (secondary N) is 1. The molecule has 3 aromatic carbocycles. The number of quaternary nitrogens is 1. The highest BCUT2D eigenvalue weighted by atomic mass is 19.1. The molecule has 0 spiro atoms. The number of halogens is 1. The summed E-state index contributed by atoms with van der Waals surface area (Å²) in [6.07, 6.45) is 1.52. The number of carbonyl (C=O) groups excluding carboxylic acids is 2. The van der Waals surface area contributed by atoms with Gasteiger partial charge in [-0.2, -0.15) is 9.58 Å². The van der Waals surface area contributed by atoms with Crippen molar-refractivity contribution in [2.45, 2.75) is 39.3 Å². The fourth-order valence-corrected chi connectivity index (χ4v) is 5.22.